The summed E-state index contributed by atoms with van der Waals surface area (Å²) in [5.41, 5.74) is 2.42. The molecule has 8 heteroatoms. The highest BCUT2D eigenvalue weighted by atomic mass is 32.2. The fourth-order valence-electron chi connectivity index (χ4n) is 1.73. The number of aromatic nitrogens is 3. The van der Waals surface area contributed by atoms with Gasteiger partial charge in [-0.3, -0.25) is 5.43 Å². The van der Waals surface area contributed by atoms with Crippen molar-refractivity contribution in [3.05, 3.63) is 30.1 Å². The quantitative estimate of drug-likeness (QED) is 0.626. The summed E-state index contributed by atoms with van der Waals surface area (Å²) >= 11 is 1.14. The van der Waals surface area contributed by atoms with Gasteiger partial charge in [-0.15, -0.1) is 0 Å². The van der Waals surface area contributed by atoms with E-state index in [1.54, 1.807) is 18.2 Å². The number of hydrazine groups is 1. The Bertz CT molecular complexity index is 605. The molecule has 0 fully saturated rings. The van der Waals surface area contributed by atoms with E-state index in [1.807, 2.05) is 18.7 Å². The largest absolute Gasteiger partial charge is 0.341 e. The van der Waals surface area contributed by atoms with Gasteiger partial charge >= 0.3 is 0 Å². The van der Waals surface area contributed by atoms with Crippen molar-refractivity contribution in [2.75, 3.05) is 23.4 Å². The fourth-order valence-corrected chi connectivity index (χ4v) is 2.50. The Kier molecular flexibility index (Phi) is 5.29. The predicted molar refractivity (Wildman–Crippen MR) is 81.7 cm³/mol. The fraction of sp³-hybridized carbons (Fsp3) is 0.308. The molecule has 2 rings (SSSR count). The van der Waals surface area contributed by atoms with E-state index in [4.69, 9.17) is 5.84 Å². The van der Waals surface area contributed by atoms with Crippen LogP contribution in [0.4, 0.5) is 16.3 Å². The van der Waals surface area contributed by atoms with Gasteiger partial charge in [-0.2, -0.15) is 15.0 Å². The van der Waals surface area contributed by atoms with Crippen LogP contribution in [0.3, 0.4) is 0 Å². The number of halogens is 1. The molecule has 0 atom stereocenters. The van der Waals surface area contributed by atoms with Crippen LogP contribution in [0.2, 0.25) is 0 Å². The van der Waals surface area contributed by atoms with E-state index in [1.165, 1.54) is 6.07 Å². The second-order valence-electron chi connectivity index (χ2n) is 4.09. The number of nitrogens with one attached hydrogen (secondary N) is 1. The van der Waals surface area contributed by atoms with Crippen LogP contribution >= 0.6 is 11.8 Å². The van der Waals surface area contributed by atoms with Gasteiger partial charge in [-0.1, -0.05) is 12.1 Å². The minimum atomic E-state index is -0.311. The van der Waals surface area contributed by atoms with Crippen LogP contribution in [0.25, 0.3) is 0 Å². The Morgan fingerprint density at radius 2 is 1.90 bits per heavy atom. The van der Waals surface area contributed by atoms with Crippen LogP contribution in [0.5, 0.6) is 0 Å². The molecule has 1 heterocycles. The highest BCUT2D eigenvalue weighted by Crippen LogP contribution is 2.28. The Morgan fingerprint density at radius 1 is 1.19 bits per heavy atom. The maximum Gasteiger partial charge on any atom is 0.242 e. The first-order chi connectivity index (χ1) is 10.2. The van der Waals surface area contributed by atoms with E-state index in [-0.39, 0.29) is 11.8 Å². The SMILES string of the molecule is CCN(CC)c1nc(NN)nc(Sc2ccccc2F)n1. The lowest BCUT2D eigenvalue weighted by molar-refractivity contribution is 0.601. The highest BCUT2D eigenvalue weighted by molar-refractivity contribution is 7.99. The Morgan fingerprint density at radius 3 is 2.52 bits per heavy atom. The molecule has 21 heavy (non-hydrogen) atoms. The topological polar surface area (TPSA) is 80.0 Å². The van der Waals surface area contributed by atoms with Crippen molar-refractivity contribution in [2.45, 2.75) is 23.9 Å². The number of anilines is 2. The second kappa shape index (κ2) is 7.19. The molecule has 0 amide bonds. The zero-order valence-corrected chi connectivity index (χ0v) is 12.7. The first-order valence-corrected chi connectivity index (χ1v) is 7.39. The normalized spacial score (nSPS) is 10.5. The van der Waals surface area contributed by atoms with Gasteiger partial charge in [0.05, 0.1) is 4.90 Å². The molecule has 2 aromatic rings. The minimum absolute atomic E-state index is 0.255. The molecule has 0 saturated carbocycles. The van der Waals surface area contributed by atoms with Gasteiger partial charge in [-0.25, -0.2) is 10.2 Å². The second-order valence-corrected chi connectivity index (χ2v) is 5.10. The van der Waals surface area contributed by atoms with Gasteiger partial charge in [0, 0.05) is 13.1 Å². The van der Waals surface area contributed by atoms with Gasteiger partial charge in [0.1, 0.15) is 5.82 Å². The molecule has 0 saturated heterocycles. The molecule has 0 unspecified atom stereocenters. The van der Waals surface area contributed by atoms with Crippen molar-refractivity contribution in [1.29, 1.82) is 0 Å². The van der Waals surface area contributed by atoms with E-state index >= 15 is 0 Å². The number of rotatable bonds is 6. The van der Waals surface area contributed by atoms with Gasteiger partial charge < -0.3 is 4.90 Å². The van der Waals surface area contributed by atoms with Crippen molar-refractivity contribution in [2.24, 2.45) is 5.84 Å². The smallest absolute Gasteiger partial charge is 0.242 e. The summed E-state index contributed by atoms with van der Waals surface area (Å²) < 4.78 is 13.7. The summed E-state index contributed by atoms with van der Waals surface area (Å²) in [5.74, 6) is 5.85. The van der Waals surface area contributed by atoms with Crippen LogP contribution in [-0.2, 0) is 0 Å². The van der Waals surface area contributed by atoms with Crippen LogP contribution in [0.1, 0.15) is 13.8 Å². The summed E-state index contributed by atoms with van der Waals surface area (Å²) in [6.07, 6.45) is 0. The Hall–Kier alpha value is -1.93. The monoisotopic (exact) mass is 308 g/mol. The maximum atomic E-state index is 13.7. The molecule has 0 aliphatic rings. The lowest BCUT2D eigenvalue weighted by atomic mass is 10.4. The van der Waals surface area contributed by atoms with Gasteiger partial charge in [0.25, 0.3) is 0 Å². The van der Waals surface area contributed by atoms with Crippen molar-refractivity contribution in [1.82, 2.24) is 15.0 Å². The average Bonchev–Trinajstić information content (AvgIpc) is 2.50. The number of nitrogen functional groups attached to an aromatic ring is 1. The molecule has 1 aromatic heterocycles. The summed E-state index contributed by atoms with van der Waals surface area (Å²) in [7, 11) is 0. The van der Waals surface area contributed by atoms with Crippen LogP contribution < -0.4 is 16.2 Å². The third kappa shape index (κ3) is 3.79. The summed E-state index contributed by atoms with van der Waals surface area (Å²) in [6, 6.07) is 6.48. The third-order valence-electron chi connectivity index (χ3n) is 2.82. The number of nitrogens with zero attached hydrogens (tertiary/aromatic N) is 4. The van der Waals surface area contributed by atoms with E-state index in [9.17, 15) is 4.39 Å². The molecular formula is C13H17FN6S. The first kappa shape index (κ1) is 15.5. The zero-order chi connectivity index (χ0) is 15.2. The van der Waals surface area contributed by atoms with Crippen LogP contribution in [0, 0.1) is 5.82 Å². The number of hydrogen-bond donors (Lipinski definition) is 2. The van der Waals surface area contributed by atoms with E-state index in [2.05, 4.69) is 20.4 Å². The molecule has 0 aliphatic heterocycles. The van der Waals surface area contributed by atoms with Crippen molar-refractivity contribution < 1.29 is 4.39 Å². The molecule has 0 aliphatic carbocycles. The lowest BCUT2D eigenvalue weighted by Crippen LogP contribution is -2.25. The first-order valence-electron chi connectivity index (χ1n) is 6.58. The van der Waals surface area contributed by atoms with Crippen LogP contribution in [0.15, 0.2) is 34.3 Å². The molecule has 3 N–H and O–H groups in total. The number of nitrogens with two attached hydrogens (primary N) is 1. The molecule has 1 aromatic carbocycles. The molecule has 112 valence electrons. The van der Waals surface area contributed by atoms with Gasteiger partial charge in [0.2, 0.25) is 11.9 Å². The molecule has 0 bridgehead atoms. The standard InChI is InChI=1S/C13H17FN6S/c1-3-20(4-2)12-16-11(19-15)17-13(18-12)21-10-8-6-5-7-9(10)14/h5-8H,3-4,15H2,1-2H3,(H,16,17,18,19). The lowest BCUT2D eigenvalue weighted by Gasteiger charge is -2.19. The van der Waals surface area contributed by atoms with Crippen molar-refractivity contribution in [3.63, 3.8) is 0 Å². The van der Waals surface area contributed by atoms with Crippen LogP contribution in [-0.4, -0.2) is 28.0 Å². The highest BCUT2D eigenvalue weighted by Gasteiger charge is 2.13. The number of benzene rings is 1. The molecular weight excluding hydrogens is 291 g/mol. The number of hydrogen-bond acceptors (Lipinski definition) is 7. The minimum Gasteiger partial charge on any atom is -0.341 e. The van der Waals surface area contributed by atoms with Gasteiger partial charge in [0.15, 0.2) is 5.16 Å². The Balaban J connectivity index is 2.35. The average molecular weight is 308 g/mol. The zero-order valence-electron chi connectivity index (χ0n) is 11.9. The summed E-state index contributed by atoms with van der Waals surface area (Å²) in [5, 5.41) is 0.393. The van der Waals surface area contributed by atoms with Crippen molar-refractivity contribution in [3.8, 4) is 0 Å². The molecule has 6 nitrogen and oxygen atoms in total. The third-order valence-corrected chi connectivity index (χ3v) is 3.73. The van der Waals surface area contributed by atoms with Crippen molar-refractivity contribution >= 4 is 23.7 Å². The summed E-state index contributed by atoms with van der Waals surface area (Å²) in [4.78, 5) is 15.2. The Labute approximate surface area is 127 Å². The van der Waals surface area contributed by atoms with Gasteiger partial charge in [-0.05, 0) is 37.7 Å². The molecule has 0 radical (unpaired) electrons. The molecule has 0 spiro atoms. The maximum absolute atomic E-state index is 13.7. The van der Waals surface area contributed by atoms with E-state index in [0.717, 1.165) is 24.9 Å². The van der Waals surface area contributed by atoms with E-state index < -0.39 is 0 Å². The van der Waals surface area contributed by atoms with E-state index in [0.29, 0.717) is 16.0 Å². The summed E-state index contributed by atoms with van der Waals surface area (Å²) in [6.45, 7) is 5.53. The predicted octanol–water partition coefficient (Wildman–Crippen LogP) is 2.29.